The van der Waals surface area contributed by atoms with E-state index in [0.29, 0.717) is 11.0 Å². The lowest BCUT2D eigenvalue weighted by molar-refractivity contribution is 0.468. The molecule has 108 valence electrons. The third kappa shape index (κ3) is 2.65. The van der Waals surface area contributed by atoms with Gasteiger partial charge in [0.25, 0.3) is 0 Å². The van der Waals surface area contributed by atoms with Gasteiger partial charge in [0.15, 0.2) is 0 Å². The van der Waals surface area contributed by atoms with Crippen LogP contribution in [-0.4, -0.2) is 15.3 Å². The fraction of sp³-hybridized carbons (Fsp3) is 0.235. The summed E-state index contributed by atoms with van der Waals surface area (Å²) in [5.41, 5.74) is 2.29. The minimum atomic E-state index is 0.370. The molecule has 0 radical (unpaired) electrons. The van der Waals surface area contributed by atoms with Gasteiger partial charge in [-0.3, -0.25) is 0 Å². The van der Waals surface area contributed by atoms with Crippen molar-refractivity contribution in [3.63, 3.8) is 0 Å². The molecule has 1 N–H and O–H groups in total. The number of rotatable bonds is 3. The van der Waals surface area contributed by atoms with Gasteiger partial charge >= 0.3 is 0 Å². The molecule has 0 aliphatic heterocycles. The van der Waals surface area contributed by atoms with E-state index in [1.807, 2.05) is 18.2 Å². The smallest absolute Gasteiger partial charge is 0.141 e. The van der Waals surface area contributed by atoms with Crippen molar-refractivity contribution in [1.29, 1.82) is 0 Å². The lowest BCUT2D eigenvalue weighted by Gasteiger charge is -2.07. The summed E-state index contributed by atoms with van der Waals surface area (Å²) in [5, 5.41) is 11.9. The standard InChI is InChI=1S/C17H17NOS2/c1-10(2)20-13-9-18-17-14(15(13)19)11(3)16(21-17)12-7-5-4-6-8-12/h4-10H,1-3H3,(H,18,19). The van der Waals surface area contributed by atoms with Crippen molar-refractivity contribution in [2.24, 2.45) is 0 Å². The minimum Gasteiger partial charge on any atom is -0.506 e. The summed E-state index contributed by atoms with van der Waals surface area (Å²) in [6, 6.07) is 10.3. The van der Waals surface area contributed by atoms with Crippen molar-refractivity contribution < 1.29 is 5.11 Å². The molecule has 2 heterocycles. The molecule has 3 rings (SSSR count). The molecule has 21 heavy (non-hydrogen) atoms. The summed E-state index contributed by atoms with van der Waals surface area (Å²) < 4.78 is 0. The second kappa shape index (κ2) is 5.70. The van der Waals surface area contributed by atoms with E-state index in [1.54, 1.807) is 29.3 Å². The zero-order valence-electron chi connectivity index (χ0n) is 12.3. The van der Waals surface area contributed by atoms with Gasteiger partial charge in [0.1, 0.15) is 10.6 Å². The van der Waals surface area contributed by atoms with Gasteiger partial charge in [-0.25, -0.2) is 4.98 Å². The number of thioether (sulfide) groups is 1. The summed E-state index contributed by atoms with van der Waals surface area (Å²) in [4.78, 5) is 7.48. The first kappa shape index (κ1) is 14.4. The van der Waals surface area contributed by atoms with E-state index in [4.69, 9.17) is 0 Å². The molecule has 0 aliphatic carbocycles. The van der Waals surface area contributed by atoms with Crippen molar-refractivity contribution >= 4 is 33.3 Å². The molecule has 4 heteroatoms. The molecule has 0 amide bonds. The summed E-state index contributed by atoms with van der Waals surface area (Å²) in [6.45, 7) is 6.29. The summed E-state index contributed by atoms with van der Waals surface area (Å²) in [5.74, 6) is 0.370. The fourth-order valence-electron chi connectivity index (χ4n) is 2.37. The Balaban J connectivity index is 2.19. The average Bonchev–Trinajstić information content (AvgIpc) is 2.80. The molecule has 0 spiro atoms. The zero-order valence-corrected chi connectivity index (χ0v) is 13.9. The molecule has 0 aliphatic rings. The topological polar surface area (TPSA) is 33.1 Å². The quantitative estimate of drug-likeness (QED) is 0.650. The van der Waals surface area contributed by atoms with Crippen molar-refractivity contribution in [2.75, 3.05) is 0 Å². The van der Waals surface area contributed by atoms with Crippen LogP contribution in [-0.2, 0) is 0 Å². The Morgan fingerprint density at radius 3 is 2.57 bits per heavy atom. The van der Waals surface area contributed by atoms with Gasteiger partial charge in [-0.2, -0.15) is 0 Å². The van der Waals surface area contributed by atoms with Crippen molar-refractivity contribution in [1.82, 2.24) is 4.98 Å². The summed E-state index contributed by atoms with van der Waals surface area (Å²) in [7, 11) is 0. The van der Waals surface area contributed by atoms with Crippen LogP contribution in [0.1, 0.15) is 19.4 Å². The number of aromatic nitrogens is 1. The summed E-state index contributed by atoms with van der Waals surface area (Å²) in [6.07, 6.45) is 1.78. The van der Waals surface area contributed by atoms with Crippen LogP contribution in [0.15, 0.2) is 41.4 Å². The normalized spacial score (nSPS) is 11.4. The van der Waals surface area contributed by atoms with Crippen LogP contribution in [0.5, 0.6) is 5.75 Å². The third-order valence-corrected chi connectivity index (χ3v) is 5.57. The molecular formula is C17H17NOS2. The molecule has 2 aromatic heterocycles. The molecular weight excluding hydrogens is 298 g/mol. The van der Waals surface area contributed by atoms with Crippen molar-refractivity contribution in [3.05, 3.63) is 42.1 Å². The van der Waals surface area contributed by atoms with E-state index in [1.165, 1.54) is 10.4 Å². The van der Waals surface area contributed by atoms with Crippen LogP contribution in [0.2, 0.25) is 0 Å². The van der Waals surface area contributed by atoms with Crippen LogP contribution in [0.25, 0.3) is 20.7 Å². The van der Waals surface area contributed by atoms with E-state index in [9.17, 15) is 5.11 Å². The second-order valence-corrected chi connectivity index (χ2v) is 7.86. The monoisotopic (exact) mass is 315 g/mol. The molecule has 0 atom stereocenters. The van der Waals surface area contributed by atoms with Gasteiger partial charge in [0.05, 0.1) is 10.3 Å². The number of fused-ring (bicyclic) bond motifs is 1. The van der Waals surface area contributed by atoms with Crippen molar-refractivity contribution in [2.45, 2.75) is 30.9 Å². The van der Waals surface area contributed by atoms with E-state index in [2.05, 4.69) is 37.9 Å². The first-order valence-corrected chi connectivity index (χ1v) is 8.60. The molecule has 2 nitrogen and oxygen atoms in total. The number of hydrogen-bond acceptors (Lipinski definition) is 4. The Morgan fingerprint density at radius 1 is 1.19 bits per heavy atom. The van der Waals surface area contributed by atoms with E-state index < -0.39 is 0 Å². The Labute approximate surface area is 132 Å². The maximum absolute atomic E-state index is 10.6. The van der Waals surface area contributed by atoms with Gasteiger partial charge in [0, 0.05) is 16.3 Å². The van der Waals surface area contributed by atoms with Crippen LogP contribution in [0.4, 0.5) is 0 Å². The molecule has 0 saturated carbocycles. The molecule has 0 bridgehead atoms. The highest BCUT2D eigenvalue weighted by molar-refractivity contribution is 8.00. The first-order valence-electron chi connectivity index (χ1n) is 6.91. The largest absolute Gasteiger partial charge is 0.506 e. The molecule has 0 fully saturated rings. The average molecular weight is 315 g/mol. The number of pyridine rings is 1. The zero-order chi connectivity index (χ0) is 15.0. The number of thiophene rings is 1. The van der Waals surface area contributed by atoms with Crippen molar-refractivity contribution in [3.8, 4) is 16.2 Å². The van der Waals surface area contributed by atoms with Crippen LogP contribution in [0.3, 0.4) is 0 Å². The van der Waals surface area contributed by atoms with Crippen LogP contribution < -0.4 is 0 Å². The lowest BCUT2D eigenvalue weighted by atomic mass is 10.1. The van der Waals surface area contributed by atoms with Gasteiger partial charge < -0.3 is 5.11 Å². The highest BCUT2D eigenvalue weighted by Crippen LogP contribution is 2.44. The Hall–Kier alpha value is -1.52. The second-order valence-electron chi connectivity index (χ2n) is 5.24. The van der Waals surface area contributed by atoms with E-state index >= 15 is 0 Å². The predicted octanol–water partition coefficient (Wildman–Crippen LogP) is 5.48. The number of nitrogens with zero attached hydrogens (tertiary/aromatic N) is 1. The van der Waals surface area contributed by atoms with Gasteiger partial charge in [-0.1, -0.05) is 44.2 Å². The van der Waals surface area contributed by atoms with E-state index in [0.717, 1.165) is 20.7 Å². The minimum absolute atomic E-state index is 0.370. The van der Waals surface area contributed by atoms with Gasteiger partial charge in [-0.05, 0) is 18.1 Å². The molecule has 3 aromatic rings. The third-order valence-electron chi connectivity index (χ3n) is 3.30. The van der Waals surface area contributed by atoms with Crippen LogP contribution in [0, 0.1) is 6.92 Å². The molecule has 0 unspecified atom stereocenters. The molecule has 0 saturated heterocycles. The Bertz CT molecular complexity index is 778. The molecule has 1 aromatic carbocycles. The predicted molar refractivity (Wildman–Crippen MR) is 92.5 cm³/mol. The highest BCUT2D eigenvalue weighted by atomic mass is 32.2. The number of aromatic hydroxyl groups is 1. The van der Waals surface area contributed by atoms with Gasteiger partial charge in [-0.15, -0.1) is 23.1 Å². The number of aryl methyl sites for hydroxylation is 1. The number of benzene rings is 1. The maximum Gasteiger partial charge on any atom is 0.141 e. The fourth-order valence-corrected chi connectivity index (χ4v) is 4.37. The van der Waals surface area contributed by atoms with Gasteiger partial charge in [0.2, 0.25) is 0 Å². The Morgan fingerprint density at radius 2 is 1.90 bits per heavy atom. The highest BCUT2D eigenvalue weighted by Gasteiger charge is 2.17. The first-order chi connectivity index (χ1) is 10.1. The Kier molecular flexibility index (Phi) is 3.91. The summed E-state index contributed by atoms with van der Waals surface area (Å²) >= 11 is 3.28. The number of hydrogen-bond donors (Lipinski definition) is 1. The maximum atomic E-state index is 10.6. The van der Waals surface area contributed by atoms with E-state index in [-0.39, 0.29) is 0 Å². The van der Waals surface area contributed by atoms with Crippen LogP contribution >= 0.6 is 23.1 Å². The SMILES string of the molecule is Cc1c(-c2ccccc2)sc2ncc(SC(C)C)c(O)c12. The lowest BCUT2D eigenvalue weighted by Crippen LogP contribution is -1.88.